The van der Waals surface area contributed by atoms with Gasteiger partial charge < -0.3 is 0 Å². The van der Waals surface area contributed by atoms with Crippen LogP contribution in [0.2, 0.25) is 0 Å². The molecule has 1 aliphatic carbocycles. The number of rotatable bonds is 3. The molecule has 2 aromatic carbocycles. The fourth-order valence-corrected chi connectivity index (χ4v) is 3.95. The van der Waals surface area contributed by atoms with Crippen molar-refractivity contribution in [1.82, 2.24) is 14.7 Å². The van der Waals surface area contributed by atoms with Crippen LogP contribution in [0.5, 0.6) is 0 Å². The first kappa shape index (κ1) is 14.5. The number of hydrogen-bond donors (Lipinski definition) is 0. The molecule has 0 aliphatic heterocycles. The summed E-state index contributed by atoms with van der Waals surface area (Å²) < 4.78 is 2.05. The minimum Gasteiger partial charge on any atom is -0.295 e. The standard InChI is InChI=1S/C20H23N3/c1-22(19-11-6-12-20-18(19)13-21-23(20)2)14-16-9-5-8-15-7-3-4-10-17(15)16/h3-5,7-10,13,19H,6,11-12,14H2,1-2H3/t19-/m0/s1. The summed E-state index contributed by atoms with van der Waals surface area (Å²) in [5.74, 6) is 0. The lowest BCUT2D eigenvalue weighted by molar-refractivity contribution is 0.213. The minimum atomic E-state index is 0.478. The molecule has 1 atom stereocenters. The van der Waals surface area contributed by atoms with Gasteiger partial charge >= 0.3 is 0 Å². The second-order valence-corrected chi connectivity index (χ2v) is 6.63. The van der Waals surface area contributed by atoms with Crippen molar-refractivity contribution < 1.29 is 0 Å². The van der Waals surface area contributed by atoms with Gasteiger partial charge in [0, 0.05) is 30.9 Å². The van der Waals surface area contributed by atoms with E-state index in [4.69, 9.17) is 0 Å². The Morgan fingerprint density at radius 2 is 2.00 bits per heavy atom. The van der Waals surface area contributed by atoms with Gasteiger partial charge in [-0.05, 0) is 42.6 Å². The van der Waals surface area contributed by atoms with Crippen LogP contribution in [-0.2, 0) is 20.0 Å². The van der Waals surface area contributed by atoms with E-state index in [9.17, 15) is 0 Å². The Morgan fingerprint density at radius 1 is 1.17 bits per heavy atom. The van der Waals surface area contributed by atoms with Crippen LogP contribution in [0.15, 0.2) is 48.7 Å². The highest BCUT2D eigenvalue weighted by Crippen LogP contribution is 2.34. The zero-order chi connectivity index (χ0) is 15.8. The van der Waals surface area contributed by atoms with Gasteiger partial charge in [0.2, 0.25) is 0 Å². The van der Waals surface area contributed by atoms with E-state index in [0.717, 1.165) is 13.0 Å². The van der Waals surface area contributed by atoms with Crippen molar-refractivity contribution >= 4 is 10.8 Å². The maximum atomic E-state index is 4.48. The topological polar surface area (TPSA) is 21.1 Å². The molecule has 0 amide bonds. The molecule has 1 aromatic heterocycles. The molecule has 0 saturated carbocycles. The SMILES string of the molecule is CN(Cc1cccc2ccccc12)[C@H]1CCCc2c1cnn2C. The average molecular weight is 305 g/mol. The van der Waals surface area contributed by atoms with Crippen LogP contribution in [0.25, 0.3) is 10.8 Å². The van der Waals surface area contributed by atoms with Crippen molar-refractivity contribution in [2.45, 2.75) is 31.8 Å². The normalized spacial score (nSPS) is 17.6. The van der Waals surface area contributed by atoms with Crippen molar-refractivity contribution in [3.63, 3.8) is 0 Å². The van der Waals surface area contributed by atoms with Crippen LogP contribution >= 0.6 is 0 Å². The Kier molecular flexibility index (Phi) is 3.66. The molecule has 0 fully saturated rings. The van der Waals surface area contributed by atoms with Gasteiger partial charge in [0.15, 0.2) is 0 Å². The lowest BCUT2D eigenvalue weighted by Crippen LogP contribution is -2.27. The largest absolute Gasteiger partial charge is 0.295 e. The molecule has 0 N–H and O–H groups in total. The smallest absolute Gasteiger partial charge is 0.0540 e. The fraction of sp³-hybridized carbons (Fsp3) is 0.350. The molecule has 4 rings (SSSR count). The summed E-state index contributed by atoms with van der Waals surface area (Å²) in [5.41, 5.74) is 4.23. The summed E-state index contributed by atoms with van der Waals surface area (Å²) in [5, 5.41) is 7.17. The molecule has 1 heterocycles. The van der Waals surface area contributed by atoms with Crippen molar-refractivity contribution in [2.24, 2.45) is 7.05 Å². The molecule has 0 unspecified atom stereocenters. The highest BCUT2D eigenvalue weighted by molar-refractivity contribution is 5.85. The molecule has 3 nitrogen and oxygen atoms in total. The quantitative estimate of drug-likeness (QED) is 0.727. The highest BCUT2D eigenvalue weighted by atomic mass is 15.3. The Bertz CT molecular complexity index is 829. The first-order valence-electron chi connectivity index (χ1n) is 8.41. The van der Waals surface area contributed by atoms with Crippen molar-refractivity contribution in [3.8, 4) is 0 Å². The first-order chi connectivity index (χ1) is 11.2. The van der Waals surface area contributed by atoms with E-state index < -0.39 is 0 Å². The van der Waals surface area contributed by atoms with Crippen LogP contribution in [0.4, 0.5) is 0 Å². The van der Waals surface area contributed by atoms with Crippen molar-refractivity contribution in [1.29, 1.82) is 0 Å². The van der Waals surface area contributed by atoms with E-state index in [1.54, 1.807) is 0 Å². The van der Waals surface area contributed by atoms with Crippen LogP contribution < -0.4 is 0 Å². The van der Waals surface area contributed by atoms with E-state index in [1.807, 2.05) is 4.68 Å². The van der Waals surface area contributed by atoms with Gasteiger partial charge in [0.05, 0.1) is 6.20 Å². The number of fused-ring (bicyclic) bond motifs is 2. The number of aromatic nitrogens is 2. The summed E-state index contributed by atoms with van der Waals surface area (Å²) in [6, 6.07) is 15.8. The summed E-state index contributed by atoms with van der Waals surface area (Å²) in [6.07, 6.45) is 5.69. The lowest BCUT2D eigenvalue weighted by Gasteiger charge is -2.31. The third kappa shape index (κ3) is 2.55. The molecule has 0 spiro atoms. The van der Waals surface area contributed by atoms with Crippen LogP contribution in [0.1, 0.15) is 35.7 Å². The Morgan fingerprint density at radius 3 is 2.91 bits per heavy atom. The van der Waals surface area contributed by atoms with Gasteiger partial charge in [-0.3, -0.25) is 9.58 Å². The molecule has 3 aromatic rings. The minimum absolute atomic E-state index is 0.478. The molecule has 118 valence electrons. The number of benzene rings is 2. The predicted molar refractivity (Wildman–Crippen MR) is 94.3 cm³/mol. The fourth-order valence-electron chi connectivity index (χ4n) is 3.95. The maximum Gasteiger partial charge on any atom is 0.0540 e. The van der Waals surface area contributed by atoms with Gasteiger partial charge in [-0.1, -0.05) is 42.5 Å². The second-order valence-electron chi connectivity index (χ2n) is 6.63. The monoisotopic (exact) mass is 305 g/mol. The Hall–Kier alpha value is -2.13. The van der Waals surface area contributed by atoms with E-state index in [1.165, 1.54) is 40.4 Å². The van der Waals surface area contributed by atoms with Gasteiger partial charge in [0.25, 0.3) is 0 Å². The number of aryl methyl sites for hydroxylation is 1. The maximum absolute atomic E-state index is 4.48. The molecular weight excluding hydrogens is 282 g/mol. The summed E-state index contributed by atoms with van der Waals surface area (Å²) in [7, 11) is 4.31. The summed E-state index contributed by atoms with van der Waals surface area (Å²) in [6.45, 7) is 0.973. The van der Waals surface area contributed by atoms with Crippen LogP contribution in [-0.4, -0.2) is 21.7 Å². The molecular formula is C20H23N3. The predicted octanol–water partition coefficient (Wildman–Crippen LogP) is 4.08. The van der Waals surface area contributed by atoms with Crippen LogP contribution in [0, 0.1) is 0 Å². The zero-order valence-electron chi connectivity index (χ0n) is 13.9. The van der Waals surface area contributed by atoms with Gasteiger partial charge in [-0.25, -0.2) is 0 Å². The third-order valence-electron chi connectivity index (χ3n) is 5.18. The molecule has 1 aliphatic rings. The molecule has 3 heteroatoms. The van der Waals surface area contributed by atoms with Gasteiger partial charge in [-0.15, -0.1) is 0 Å². The Labute approximate surface area is 137 Å². The van der Waals surface area contributed by atoms with Gasteiger partial charge in [0.1, 0.15) is 0 Å². The first-order valence-corrected chi connectivity index (χ1v) is 8.41. The van der Waals surface area contributed by atoms with Crippen molar-refractivity contribution in [2.75, 3.05) is 7.05 Å². The van der Waals surface area contributed by atoms with E-state index in [-0.39, 0.29) is 0 Å². The zero-order valence-corrected chi connectivity index (χ0v) is 13.9. The summed E-state index contributed by atoms with van der Waals surface area (Å²) >= 11 is 0. The summed E-state index contributed by atoms with van der Waals surface area (Å²) in [4.78, 5) is 2.49. The molecule has 0 bridgehead atoms. The van der Waals surface area contributed by atoms with Crippen molar-refractivity contribution in [3.05, 3.63) is 65.5 Å². The van der Waals surface area contributed by atoms with Crippen LogP contribution in [0.3, 0.4) is 0 Å². The number of hydrogen-bond acceptors (Lipinski definition) is 2. The third-order valence-corrected chi connectivity index (χ3v) is 5.18. The highest BCUT2D eigenvalue weighted by Gasteiger charge is 2.26. The molecule has 23 heavy (non-hydrogen) atoms. The van der Waals surface area contributed by atoms with E-state index >= 15 is 0 Å². The molecule has 0 radical (unpaired) electrons. The number of nitrogens with zero attached hydrogens (tertiary/aromatic N) is 3. The molecule has 0 saturated heterocycles. The van der Waals surface area contributed by atoms with E-state index in [2.05, 4.69) is 72.8 Å². The van der Waals surface area contributed by atoms with Gasteiger partial charge in [-0.2, -0.15) is 5.10 Å². The second kappa shape index (κ2) is 5.82. The average Bonchev–Trinajstić information content (AvgIpc) is 2.96. The lowest BCUT2D eigenvalue weighted by atomic mass is 9.91. The van der Waals surface area contributed by atoms with E-state index in [0.29, 0.717) is 6.04 Å². The Balaban J connectivity index is 1.64.